The Kier molecular flexibility index (Phi) is 6.36. The van der Waals surface area contributed by atoms with Crippen LogP contribution in [0.4, 0.5) is 0 Å². The number of amides is 1. The lowest BCUT2D eigenvalue weighted by molar-refractivity contribution is 0.0782. The zero-order valence-corrected chi connectivity index (χ0v) is 17.3. The molecule has 3 rings (SSSR count). The molecule has 1 atom stereocenters. The van der Waals surface area contributed by atoms with E-state index in [9.17, 15) is 4.79 Å². The molecule has 0 aliphatic heterocycles. The summed E-state index contributed by atoms with van der Waals surface area (Å²) < 4.78 is 0. The second-order valence-electron chi connectivity index (χ2n) is 8.12. The number of carbonyl (C=O) groups is 1. The van der Waals surface area contributed by atoms with E-state index in [4.69, 9.17) is 0 Å². The monoisotopic (exact) mass is 363 g/mol. The summed E-state index contributed by atoms with van der Waals surface area (Å²) in [6.45, 7) is 7.26. The molecule has 1 amide bonds. The lowest BCUT2D eigenvalue weighted by Gasteiger charge is -2.28. The number of benzene rings is 2. The van der Waals surface area contributed by atoms with Crippen molar-refractivity contribution in [3.63, 3.8) is 0 Å². The maximum atomic E-state index is 13.5. The molecule has 1 unspecified atom stereocenters. The van der Waals surface area contributed by atoms with Crippen molar-refractivity contribution in [3.8, 4) is 0 Å². The Morgan fingerprint density at radius 2 is 1.81 bits per heavy atom. The van der Waals surface area contributed by atoms with Crippen molar-refractivity contribution in [2.45, 2.75) is 65.2 Å². The van der Waals surface area contributed by atoms with Gasteiger partial charge < -0.3 is 4.90 Å². The molecule has 2 aromatic carbocycles. The van der Waals surface area contributed by atoms with Crippen molar-refractivity contribution in [2.75, 3.05) is 13.6 Å². The first-order valence-corrected chi connectivity index (χ1v) is 10.4. The van der Waals surface area contributed by atoms with Gasteiger partial charge in [0, 0.05) is 25.1 Å². The predicted molar refractivity (Wildman–Crippen MR) is 114 cm³/mol. The van der Waals surface area contributed by atoms with Crippen LogP contribution in [0.25, 0.3) is 0 Å². The quantitative estimate of drug-likeness (QED) is 0.631. The highest BCUT2D eigenvalue weighted by Gasteiger charge is 2.25. The van der Waals surface area contributed by atoms with Crippen LogP contribution in [0.1, 0.15) is 76.7 Å². The van der Waals surface area contributed by atoms with Crippen LogP contribution in [0, 0.1) is 13.8 Å². The van der Waals surface area contributed by atoms with E-state index in [2.05, 4.69) is 57.2 Å². The van der Waals surface area contributed by atoms with E-state index in [-0.39, 0.29) is 5.91 Å². The molecule has 0 fully saturated rings. The molecule has 0 spiro atoms. The fraction of sp³-hybridized carbons (Fsp3) is 0.480. The molecule has 0 saturated heterocycles. The lowest BCUT2D eigenvalue weighted by Crippen LogP contribution is -2.33. The van der Waals surface area contributed by atoms with Crippen molar-refractivity contribution in [1.29, 1.82) is 0 Å². The van der Waals surface area contributed by atoms with Crippen molar-refractivity contribution < 1.29 is 4.79 Å². The number of aryl methyl sites for hydroxylation is 2. The van der Waals surface area contributed by atoms with Gasteiger partial charge in [0.05, 0.1) is 0 Å². The lowest BCUT2D eigenvalue weighted by atomic mass is 9.83. The Labute approximate surface area is 164 Å². The van der Waals surface area contributed by atoms with Gasteiger partial charge >= 0.3 is 0 Å². The van der Waals surface area contributed by atoms with Crippen LogP contribution >= 0.6 is 0 Å². The van der Waals surface area contributed by atoms with Crippen LogP contribution < -0.4 is 0 Å². The van der Waals surface area contributed by atoms with Gasteiger partial charge in [-0.25, -0.2) is 0 Å². The molecule has 0 saturated carbocycles. The molecule has 0 bridgehead atoms. The molecule has 0 N–H and O–H groups in total. The van der Waals surface area contributed by atoms with Crippen LogP contribution in [0.2, 0.25) is 0 Å². The highest BCUT2D eigenvalue weighted by molar-refractivity contribution is 5.98. The average molecular weight is 364 g/mol. The Hall–Kier alpha value is -2.09. The van der Waals surface area contributed by atoms with Crippen molar-refractivity contribution >= 4 is 5.91 Å². The first-order valence-electron chi connectivity index (χ1n) is 10.4. The fourth-order valence-corrected chi connectivity index (χ4v) is 4.50. The summed E-state index contributed by atoms with van der Waals surface area (Å²) in [6.07, 6.45) is 6.83. The third kappa shape index (κ3) is 4.26. The standard InChI is InChI=1S/C25H33NO/c1-5-11-22(20-12-7-6-8-13-20)17-26(4)25(27)24-19(3)18(2)16-21-14-9-10-15-23(21)24/h6-8,12-13,16,22H,5,9-11,14-15,17H2,1-4H3. The van der Waals surface area contributed by atoms with E-state index in [0.29, 0.717) is 5.92 Å². The Balaban J connectivity index is 1.88. The number of nitrogens with zero attached hydrogens (tertiary/aromatic N) is 1. The summed E-state index contributed by atoms with van der Waals surface area (Å²) >= 11 is 0. The summed E-state index contributed by atoms with van der Waals surface area (Å²) in [4.78, 5) is 15.4. The third-order valence-electron chi connectivity index (χ3n) is 6.13. The molecular weight excluding hydrogens is 330 g/mol. The second-order valence-corrected chi connectivity index (χ2v) is 8.12. The van der Waals surface area contributed by atoms with Gasteiger partial charge in [0.1, 0.15) is 0 Å². The second kappa shape index (κ2) is 8.73. The number of carbonyl (C=O) groups excluding carboxylic acids is 1. The largest absolute Gasteiger partial charge is 0.341 e. The molecular formula is C25H33NO. The number of hydrogen-bond acceptors (Lipinski definition) is 1. The molecule has 144 valence electrons. The molecule has 0 heterocycles. The van der Waals surface area contributed by atoms with Crippen LogP contribution in [0.5, 0.6) is 0 Å². The van der Waals surface area contributed by atoms with Crippen LogP contribution in [0.15, 0.2) is 36.4 Å². The molecule has 2 nitrogen and oxygen atoms in total. The van der Waals surface area contributed by atoms with Gasteiger partial charge in [-0.1, -0.05) is 49.7 Å². The van der Waals surface area contributed by atoms with Gasteiger partial charge in [-0.3, -0.25) is 4.79 Å². The first kappa shape index (κ1) is 19.7. The summed E-state index contributed by atoms with van der Waals surface area (Å²) in [5, 5.41) is 0. The van der Waals surface area contributed by atoms with Crippen LogP contribution in [-0.4, -0.2) is 24.4 Å². The Morgan fingerprint density at radius 3 is 2.52 bits per heavy atom. The highest BCUT2D eigenvalue weighted by atomic mass is 16.2. The minimum atomic E-state index is 0.200. The Morgan fingerprint density at radius 1 is 1.11 bits per heavy atom. The summed E-state index contributed by atoms with van der Waals surface area (Å²) in [5.74, 6) is 0.595. The van der Waals surface area contributed by atoms with Crippen LogP contribution in [-0.2, 0) is 12.8 Å². The predicted octanol–water partition coefficient (Wildman–Crippen LogP) is 5.84. The minimum Gasteiger partial charge on any atom is -0.341 e. The van der Waals surface area contributed by atoms with Gasteiger partial charge in [-0.05, 0) is 73.8 Å². The summed E-state index contributed by atoms with van der Waals surface area (Å²) in [6, 6.07) is 13.0. The smallest absolute Gasteiger partial charge is 0.254 e. The zero-order valence-electron chi connectivity index (χ0n) is 17.3. The van der Waals surface area contributed by atoms with E-state index < -0.39 is 0 Å². The topological polar surface area (TPSA) is 20.3 Å². The number of rotatable bonds is 6. The molecule has 2 aromatic rings. The zero-order chi connectivity index (χ0) is 19.4. The van der Waals surface area contributed by atoms with Gasteiger partial charge in [-0.15, -0.1) is 0 Å². The molecule has 1 aliphatic carbocycles. The van der Waals surface area contributed by atoms with Crippen molar-refractivity contribution in [3.05, 3.63) is 69.8 Å². The maximum Gasteiger partial charge on any atom is 0.254 e. The van der Waals surface area contributed by atoms with E-state index in [1.54, 1.807) is 0 Å². The summed E-state index contributed by atoms with van der Waals surface area (Å²) in [5.41, 5.74) is 7.44. The molecule has 27 heavy (non-hydrogen) atoms. The van der Waals surface area contributed by atoms with Gasteiger partial charge in [0.25, 0.3) is 5.91 Å². The van der Waals surface area contributed by atoms with Gasteiger partial charge in [0.2, 0.25) is 0 Å². The van der Waals surface area contributed by atoms with E-state index in [1.165, 1.54) is 40.7 Å². The number of likely N-dealkylation sites (N-methyl/N-ethyl adjacent to an activating group) is 1. The number of hydrogen-bond donors (Lipinski definition) is 0. The first-order chi connectivity index (χ1) is 13.0. The van der Waals surface area contributed by atoms with E-state index in [0.717, 1.165) is 37.8 Å². The Bertz CT molecular complexity index is 794. The molecule has 0 radical (unpaired) electrons. The van der Waals surface area contributed by atoms with Gasteiger partial charge in [0.15, 0.2) is 0 Å². The third-order valence-corrected chi connectivity index (χ3v) is 6.13. The molecule has 0 aromatic heterocycles. The highest BCUT2D eigenvalue weighted by Crippen LogP contribution is 2.31. The van der Waals surface area contributed by atoms with Crippen molar-refractivity contribution in [2.24, 2.45) is 0 Å². The molecule has 2 heteroatoms. The molecule has 1 aliphatic rings. The SMILES string of the molecule is CCCC(CN(C)C(=O)c1c(C)c(C)cc2c1CCCC2)c1ccccc1. The number of fused-ring (bicyclic) bond motifs is 1. The fourth-order valence-electron chi connectivity index (χ4n) is 4.50. The minimum absolute atomic E-state index is 0.200. The maximum absolute atomic E-state index is 13.5. The average Bonchev–Trinajstić information content (AvgIpc) is 2.69. The van der Waals surface area contributed by atoms with E-state index in [1.807, 2.05) is 11.9 Å². The van der Waals surface area contributed by atoms with Gasteiger partial charge in [-0.2, -0.15) is 0 Å². The summed E-state index contributed by atoms with van der Waals surface area (Å²) in [7, 11) is 1.98. The van der Waals surface area contributed by atoms with Crippen LogP contribution in [0.3, 0.4) is 0 Å². The van der Waals surface area contributed by atoms with E-state index >= 15 is 0 Å². The van der Waals surface area contributed by atoms with Crippen molar-refractivity contribution in [1.82, 2.24) is 4.90 Å². The normalized spacial score (nSPS) is 14.5.